The van der Waals surface area contributed by atoms with Gasteiger partial charge in [-0.05, 0) is 43.7 Å². The minimum atomic E-state index is -3.45. The van der Waals surface area contributed by atoms with Crippen molar-refractivity contribution in [1.82, 2.24) is 9.21 Å². The molecule has 1 saturated heterocycles. The van der Waals surface area contributed by atoms with Crippen LogP contribution in [0.3, 0.4) is 0 Å². The maximum atomic E-state index is 13.4. The Balaban J connectivity index is 1.68. The van der Waals surface area contributed by atoms with E-state index >= 15 is 0 Å². The first-order valence-electron chi connectivity index (χ1n) is 8.44. The van der Waals surface area contributed by atoms with Gasteiger partial charge in [-0.3, -0.25) is 4.90 Å². The molecule has 0 aromatic heterocycles. The Labute approximate surface area is 148 Å². The third kappa shape index (κ3) is 3.92. The molecule has 0 saturated carbocycles. The molecule has 0 radical (unpaired) electrons. The molecule has 25 heavy (non-hydrogen) atoms. The SMILES string of the molecule is Cc1ccc(S(=O)(=O)N2CCN([C@@H](C)c3cccc(F)c3)CC2)cc1. The van der Waals surface area contributed by atoms with Crippen molar-refractivity contribution in [2.75, 3.05) is 26.2 Å². The smallest absolute Gasteiger partial charge is 0.243 e. The molecular formula is C19H23FN2O2S. The summed E-state index contributed by atoms with van der Waals surface area (Å²) in [5.41, 5.74) is 1.95. The number of hydrogen-bond donors (Lipinski definition) is 0. The number of aryl methyl sites for hydroxylation is 1. The van der Waals surface area contributed by atoms with E-state index in [0.717, 1.165) is 11.1 Å². The van der Waals surface area contributed by atoms with Gasteiger partial charge in [-0.2, -0.15) is 4.31 Å². The van der Waals surface area contributed by atoms with Gasteiger partial charge in [0.2, 0.25) is 10.0 Å². The molecule has 0 amide bonds. The molecule has 6 heteroatoms. The van der Waals surface area contributed by atoms with Crippen molar-refractivity contribution in [1.29, 1.82) is 0 Å². The van der Waals surface area contributed by atoms with Gasteiger partial charge in [-0.25, -0.2) is 12.8 Å². The quantitative estimate of drug-likeness (QED) is 0.839. The summed E-state index contributed by atoms with van der Waals surface area (Å²) in [6, 6.07) is 13.6. The number of benzene rings is 2. The lowest BCUT2D eigenvalue weighted by atomic mass is 10.1. The zero-order chi connectivity index (χ0) is 18.0. The van der Waals surface area contributed by atoms with Crippen molar-refractivity contribution in [2.45, 2.75) is 24.8 Å². The van der Waals surface area contributed by atoms with Gasteiger partial charge in [-0.1, -0.05) is 29.8 Å². The van der Waals surface area contributed by atoms with E-state index in [1.165, 1.54) is 10.4 Å². The number of piperazine rings is 1. The fraction of sp³-hybridized carbons (Fsp3) is 0.368. The van der Waals surface area contributed by atoms with Crippen LogP contribution >= 0.6 is 0 Å². The molecule has 1 heterocycles. The monoisotopic (exact) mass is 362 g/mol. The van der Waals surface area contributed by atoms with Crippen LogP contribution in [0.5, 0.6) is 0 Å². The van der Waals surface area contributed by atoms with Gasteiger partial charge in [-0.15, -0.1) is 0 Å². The van der Waals surface area contributed by atoms with Crippen LogP contribution in [0.4, 0.5) is 4.39 Å². The first-order chi connectivity index (χ1) is 11.9. The van der Waals surface area contributed by atoms with Crippen LogP contribution in [0.25, 0.3) is 0 Å². The van der Waals surface area contributed by atoms with E-state index < -0.39 is 10.0 Å². The van der Waals surface area contributed by atoms with E-state index in [0.29, 0.717) is 31.1 Å². The highest BCUT2D eigenvalue weighted by atomic mass is 32.2. The molecule has 0 N–H and O–H groups in total. The minimum absolute atomic E-state index is 0.0555. The van der Waals surface area contributed by atoms with Crippen molar-refractivity contribution < 1.29 is 12.8 Å². The van der Waals surface area contributed by atoms with Gasteiger partial charge in [0.25, 0.3) is 0 Å². The molecule has 2 aromatic carbocycles. The Morgan fingerprint density at radius 2 is 1.64 bits per heavy atom. The molecule has 2 aromatic rings. The summed E-state index contributed by atoms with van der Waals surface area (Å²) in [6.07, 6.45) is 0. The van der Waals surface area contributed by atoms with E-state index in [1.54, 1.807) is 24.3 Å². The molecule has 1 aliphatic heterocycles. The largest absolute Gasteiger partial charge is 0.294 e. The number of hydrogen-bond acceptors (Lipinski definition) is 3. The topological polar surface area (TPSA) is 40.6 Å². The summed E-state index contributed by atoms with van der Waals surface area (Å²) in [5, 5.41) is 0. The Kier molecular flexibility index (Phi) is 5.22. The van der Waals surface area contributed by atoms with Gasteiger partial charge < -0.3 is 0 Å². The standard InChI is InChI=1S/C19H23FN2O2S/c1-15-6-8-19(9-7-15)25(23,24)22-12-10-21(11-13-22)16(2)17-4-3-5-18(20)14-17/h3-9,14,16H,10-13H2,1-2H3/t16-/m0/s1. The molecule has 0 bridgehead atoms. The summed E-state index contributed by atoms with van der Waals surface area (Å²) in [4.78, 5) is 2.53. The van der Waals surface area contributed by atoms with Gasteiger partial charge in [0.1, 0.15) is 5.82 Å². The molecule has 3 rings (SSSR count). The second-order valence-electron chi connectivity index (χ2n) is 6.48. The number of rotatable bonds is 4. The summed E-state index contributed by atoms with van der Waals surface area (Å²) in [5.74, 6) is -0.245. The Morgan fingerprint density at radius 3 is 2.24 bits per heavy atom. The van der Waals surface area contributed by atoms with Crippen LogP contribution in [0.2, 0.25) is 0 Å². The molecule has 0 aliphatic carbocycles. The van der Waals surface area contributed by atoms with Crippen molar-refractivity contribution in [3.8, 4) is 0 Å². The fourth-order valence-electron chi connectivity index (χ4n) is 3.17. The molecular weight excluding hydrogens is 339 g/mol. The summed E-state index contributed by atoms with van der Waals surface area (Å²) >= 11 is 0. The third-order valence-corrected chi connectivity index (χ3v) is 6.72. The van der Waals surface area contributed by atoms with E-state index in [9.17, 15) is 12.8 Å². The molecule has 1 atom stereocenters. The van der Waals surface area contributed by atoms with E-state index in [2.05, 4.69) is 4.90 Å². The zero-order valence-corrected chi connectivity index (χ0v) is 15.3. The van der Waals surface area contributed by atoms with Crippen LogP contribution in [0.1, 0.15) is 24.1 Å². The average molecular weight is 362 g/mol. The maximum absolute atomic E-state index is 13.4. The van der Waals surface area contributed by atoms with Gasteiger partial charge in [0.05, 0.1) is 4.90 Å². The van der Waals surface area contributed by atoms with Crippen LogP contribution in [-0.2, 0) is 10.0 Å². The normalized spacial score (nSPS) is 18.2. The molecule has 0 spiro atoms. The van der Waals surface area contributed by atoms with E-state index in [1.807, 2.05) is 32.0 Å². The predicted molar refractivity (Wildman–Crippen MR) is 96.3 cm³/mol. The second kappa shape index (κ2) is 7.23. The zero-order valence-electron chi connectivity index (χ0n) is 14.5. The molecule has 0 unspecified atom stereocenters. The third-order valence-electron chi connectivity index (χ3n) is 4.81. The Morgan fingerprint density at radius 1 is 1.00 bits per heavy atom. The first kappa shape index (κ1) is 18.0. The van der Waals surface area contributed by atoms with Crippen LogP contribution in [0, 0.1) is 12.7 Å². The number of sulfonamides is 1. The lowest BCUT2D eigenvalue weighted by molar-refractivity contribution is 0.145. The molecule has 1 aliphatic rings. The Hall–Kier alpha value is -1.76. The molecule has 4 nitrogen and oxygen atoms in total. The number of halogens is 1. The van der Waals surface area contributed by atoms with Crippen LogP contribution < -0.4 is 0 Å². The Bertz CT molecular complexity index is 829. The van der Waals surface area contributed by atoms with Crippen molar-refractivity contribution >= 4 is 10.0 Å². The highest BCUT2D eigenvalue weighted by Crippen LogP contribution is 2.24. The molecule has 1 fully saturated rings. The lowest BCUT2D eigenvalue weighted by Gasteiger charge is -2.37. The second-order valence-corrected chi connectivity index (χ2v) is 8.42. The summed E-state index contributed by atoms with van der Waals surface area (Å²) < 4.78 is 40.5. The molecule has 134 valence electrons. The highest BCUT2D eigenvalue weighted by molar-refractivity contribution is 7.89. The first-order valence-corrected chi connectivity index (χ1v) is 9.88. The van der Waals surface area contributed by atoms with Crippen molar-refractivity contribution in [3.05, 3.63) is 65.5 Å². The summed E-state index contributed by atoms with van der Waals surface area (Å²) in [7, 11) is -3.45. The van der Waals surface area contributed by atoms with Gasteiger partial charge >= 0.3 is 0 Å². The average Bonchev–Trinajstić information content (AvgIpc) is 2.61. The van der Waals surface area contributed by atoms with E-state index in [-0.39, 0.29) is 11.9 Å². The van der Waals surface area contributed by atoms with Crippen molar-refractivity contribution in [3.63, 3.8) is 0 Å². The maximum Gasteiger partial charge on any atom is 0.243 e. The van der Waals surface area contributed by atoms with Gasteiger partial charge in [0.15, 0.2) is 0 Å². The minimum Gasteiger partial charge on any atom is -0.294 e. The predicted octanol–water partition coefficient (Wildman–Crippen LogP) is 3.20. The van der Waals surface area contributed by atoms with Gasteiger partial charge in [0, 0.05) is 32.2 Å². The fourth-order valence-corrected chi connectivity index (χ4v) is 4.59. The van der Waals surface area contributed by atoms with Crippen LogP contribution in [0.15, 0.2) is 53.4 Å². The number of nitrogens with zero attached hydrogens (tertiary/aromatic N) is 2. The highest BCUT2D eigenvalue weighted by Gasteiger charge is 2.30. The van der Waals surface area contributed by atoms with Crippen molar-refractivity contribution in [2.24, 2.45) is 0 Å². The lowest BCUT2D eigenvalue weighted by Crippen LogP contribution is -2.49. The van der Waals surface area contributed by atoms with E-state index in [4.69, 9.17) is 0 Å². The summed E-state index contributed by atoms with van der Waals surface area (Å²) in [6.45, 7) is 6.10. The van der Waals surface area contributed by atoms with Crippen LogP contribution in [-0.4, -0.2) is 43.8 Å².